The number of carbonyl (C=O) groups is 1. The molecule has 0 spiro atoms. The molecular formula is C21H23N3O5S3. The van der Waals surface area contributed by atoms with Crippen LogP contribution in [0.25, 0.3) is 0 Å². The molecule has 0 bridgehead atoms. The Morgan fingerprint density at radius 3 is 2.31 bits per heavy atom. The number of nitrogens with zero attached hydrogens (tertiary/aromatic N) is 2. The summed E-state index contributed by atoms with van der Waals surface area (Å²) in [6.07, 6.45) is 4.65. The molecule has 1 aliphatic carbocycles. The second kappa shape index (κ2) is 8.59. The predicted molar refractivity (Wildman–Crippen MR) is 121 cm³/mol. The van der Waals surface area contributed by atoms with E-state index in [2.05, 4.69) is 11.4 Å². The molecule has 2 heterocycles. The molecule has 11 heteroatoms. The third-order valence-electron chi connectivity index (χ3n) is 5.98. The van der Waals surface area contributed by atoms with Crippen LogP contribution in [0, 0.1) is 17.2 Å². The van der Waals surface area contributed by atoms with Crippen molar-refractivity contribution >= 4 is 42.1 Å². The van der Waals surface area contributed by atoms with Crippen molar-refractivity contribution in [2.45, 2.75) is 41.9 Å². The summed E-state index contributed by atoms with van der Waals surface area (Å²) in [7, 11) is -7.18. The molecule has 0 atom stereocenters. The number of hydrogen-bond donors (Lipinski definition) is 1. The normalized spacial score (nSPS) is 17.6. The van der Waals surface area contributed by atoms with Crippen LogP contribution >= 0.6 is 11.3 Å². The fourth-order valence-corrected chi connectivity index (χ4v) is 7.53. The maximum Gasteiger partial charge on any atom is 0.243 e. The lowest BCUT2D eigenvalue weighted by molar-refractivity contribution is -0.120. The third-order valence-corrected chi connectivity index (χ3v) is 10.2. The van der Waals surface area contributed by atoms with Crippen LogP contribution in [-0.4, -0.2) is 46.4 Å². The van der Waals surface area contributed by atoms with E-state index < -0.39 is 19.9 Å². The first-order valence-corrected chi connectivity index (χ1v) is 14.4. The molecule has 0 saturated carbocycles. The number of thiophene rings is 1. The van der Waals surface area contributed by atoms with Crippen LogP contribution in [0.2, 0.25) is 0 Å². The van der Waals surface area contributed by atoms with Crippen LogP contribution in [-0.2, 0) is 37.5 Å². The van der Waals surface area contributed by atoms with E-state index in [0.717, 1.165) is 31.1 Å². The van der Waals surface area contributed by atoms with Gasteiger partial charge in [-0.2, -0.15) is 9.57 Å². The Bertz CT molecular complexity index is 1300. The Kier molecular flexibility index (Phi) is 6.15. The molecule has 170 valence electrons. The number of carbonyl (C=O) groups excluding carboxylic acids is 1. The van der Waals surface area contributed by atoms with E-state index in [9.17, 15) is 26.9 Å². The van der Waals surface area contributed by atoms with Crippen molar-refractivity contribution in [1.29, 1.82) is 5.26 Å². The molecule has 1 aliphatic heterocycles. The van der Waals surface area contributed by atoms with Gasteiger partial charge in [-0.3, -0.25) is 4.79 Å². The number of sulfonamides is 1. The van der Waals surface area contributed by atoms with Crippen LogP contribution in [0.4, 0.5) is 5.00 Å². The summed E-state index contributed by atoms with van der Waals surface area (Å²) >= 11 is 1.47. The van der Waals surface area contributed by atoms with Gasteiger partial charge in [0.2, 0.25) is 15.9 Å². The number of aryl methyl sites for hydroxylation is 1. The van der Waals surface area contributed by atoms with Crippen LogP contribution in [0.15, 0.2) is 34.1 Å². The number of fused-ring (bicyclic) bond motifs is 1. The predicted octanol–water partition coefficient (Wildman–Crippen LogP) is 2.55. The Labute approximate surface area is 191 Å². The van der Waals surface area contributed by atoms with Gasteiger partial charge in [-0.05, 0) is 61.9 Å². The van der Waals surface area contributed by atoms with Crippen molar-refractivity contribution in [3.8, 4) is 6.07 Å². The summed E-state index contributed by atoms with van der Waals surface area (Å²) < 4.78 is 50.4. The van der Waals surface area contributed by atoms with Crippen molar-refractivity contribution < 1.29 is 21.6 Å². The van der Waals surface area contributed by atoms with Gasteiger partial charge in [-0.15, -0.1) is 11.3 Å². The van der Waals surface area contributed by atoms with E-state index in [-0.39, 0.29) is 34.7 Å². The molecule has 1 amide bonds. The van der Waals surface area contributed by atoms with Crippen molar-refractivity contribution in [1.82, 2.24) is 4.31 Å². The Morgan fingerprint density at radius 1 is 1.09 bits per heavy atom. The number of hydrogen-bond acceptors (Lipinski definition) is 7. The highest BCUT2D eigenvalue weighted by Crippen LogP contribution is 2.39. The summed E-state index contributed by atoms with van der Waals surface area (Å²) in [5.41, 5.74) is 1.61. The van der Waals surface area contributed by atoms with Gasteiger partial charge in [0.1, 0.15) is 11.1 Å². The van der Waals surface area contributed by atoms with Gasteiger partial charge in [-0.1, -0.05) is 0 Å². The SMILES string of the molecule is CS(=O)(=O)c1ccc(S(=O)(=O)N2CCC(C(=O)Nc3sc4c(c3C#N)CCC4)CC2)cc1. The average Bonchev–Trinajstić information content (AvgIpc) is 3.34. The fraction of sp³-hybridized carbons (Fsp3) is 0.429. The van der Waals surface area contributed by atoms with Gasteiger partial charge < -0.3 is 5.32 Å². The molecule has 1 fully saturated rings. The highest BCUT2D eigenvalue weighted by Gasteiger charge is 2.33. The summed E-state index contributed by atoms with van der Waals surface area (Å²) in [6, 6.07) is 7.37. The first-order valence-electron chi connectivity index (χ1n) is 10.3. The van der Waals surface area contributed by atoms with E-state index in [1.54, 1.807) is 0 Å². The summed E-state index contributed by atoms with van der Waals surface area (Å²) in [6.45, 7) is 0.389. The average molecular weight is 494 g/mol. The van der Waals surface area contributed by atoms with E-state index in [0.29, 0.717) is 23.4 Å². The fourth-order valence-electron chi connectivity index (χ4n) is 4.19. The van der Waals surface area contributed by atoms with Crippen molar-refractivity contribution in [2.24, 2.45) is 5.92 Å². The van der Waals surface area contributed by atoms with Gasteiger partial charge >= 0.3 is 0 Å². The summed E-state index contributed by atoms with van der Waals surface area (Å²) in [4.78, 5) is 14.0. The number of benzene rings is 1. The van der Waals surface area contributed by atoms with Crippen LogP contribution < -0.4 is 5.32 Å². The maximum absolute atomic E-state index is 12.9. The number of sulfone groups is 1. The Balaban J connectivity index is 1.40. The largest absolute Gasteiger partial charge is 0.316 e. The van der Waals surface area contributed by atoms with E-state index in [1.165, 1.54) is 44.8 Å². The van der Waals surface area contributed by atoms with Gasteiger partial charge in [0.05, 0.1) is 15.4 Å². The number of nitriles is 1. The lowest BCUT2D eigenvalue weighted by Crippen LogP contribution is -2.41. The molecule has 1 aromatic carbocycles. The molecule has 1 aromatic heterocycles. The highest BCUT2D eigenvalue weighted by molar-refractivity contribution is 7.90. The molecule has 0 unspecified atom stereocenters. The number of anilines is 1. The zero-order valence-corrected chi connectivity index (χ0v) is 19.9. The number of amides is 1. The molecule has 8 nitrogen and oxygen atoms in total. The van der Waals surface area contributed by atoms with Crippen LogP contribution in [0.5, 0.6) is 0 Å². The second-order valence-corrected chi connectivity index (χ2v) is 13.1. The van der Waals surface area contributed by atoms with Gasteiger partial charge in [0.15, 0.2) is 9.84 Å². The van der Waals surface area contributed by atoms with E-state index >= 15 is 0 Å². The van der Waals surface area contributed by atoms with E-state index in [1.807, 2.05) is 0 Å². The smallest absolute Gasteiger partial charge is 0.243 e. The number of nitrogens with one attached hydrogen (secondary N) is 1. The van der Waals surface area contributed by atoms with Crippen LogP contribution in [0.3, 0.4) is 0 Å². The maximum atomic E-state index is 12.9. The molecule has 32 heavy (non-hydrogen) atoms. The molecule has 1 N–H and O–H groups in total. The molecule has 4 rings (SSSR count). The first-order chi connectivity index (χ1) is 15.1. The minimum Gasteiger partial charge on any atom is -0.316 e. The topological polar surface area (TPSA) is 124 Å². The monoisotopic (exact) mass is 493 g/mol. The Hall–Kier alpha value is -2.26. The summed E-state index contributed by atoms with van der Waals surface area (Å²) in [5, 5.41) is 13.0. The second-order valence-electron chi connectivity index (χ2n) is 8.08. The minimum atomic E-state index is -3.78. The minimum absolute atomic E-state index is 0.0274. The van der Waals surface area contributed by atoms with Gasteiger partial charge in [-0.25, -0.2) is 16.8 Å². The van der Waals surface area contributed by atoms with Gasteiger partial charge in [0.25, 0.3) is 0 Å². The molecule has 1 saturated heterocycles. The molecule has 2 aliphatic rings. The van der Waals surface area contributed by atoms with E-state index in [4.69, 9.17) is 0 Å². The van der Waals surface area contributed by atoms with Crippen LogP contribution in [0.1, 0.15) is 35.3 Å². The lowest BCUT2D eigenvalue weighted by atomic mass is 9.97. The quantitative estimate of drug-likeness (QED) is 0.683. The number of rotatable bonds is 5. The van der Waals surface area contributed by atoms with Crippen molar-refractivity contribution in [2.75, 3.05) is 24.7 Å². The van der Waals surface area contributed by atoms with Gasteiger partial charge in [0, 0.05) is 30.1 Å². The third kappa shape index (κ3) is 4.32. The Morgan fingerprint density at radius 2 is 1.72 bits per heavy atom. The standard InChI is InChI=1S/C21H23N3O5S3/c1-31(26,27)15-5-7-16(8-6-15)32(28,29)24-11-9-14(10-12-24)20(25)23-21-18(13-22)17-3-2-4-19(17)30-21/h5-8,14H,2-4,9-12H2,1H3,(H,23,25). The zero-order valence-electron chi connectivity index (χ0n) is 17.5. The molecular weight excluding hydrogens is 470 g/mol. The van der Waals surface area contributed by atoms with Crippen molar-refractivity contribution in [3.63, 3.8) is 0 Å². The number of piperidine rings is 1. The molecule has 2 aromatic rings. The van der Waals surface area contributed by atoms with Crippen molar-refractivity contribution in [3.05, 3.63) is 40.3 Å². The lowest BCUT2D eigenvalue weighted by Gasteiger charge is -2.30. The first kappa shape index (κ1) is 22.9. The summed E-state index contributed by atoms with van der Waals surface area (Å²) in [5.74, 6) is -0.520. The molecule has 0 radical (unpaired) electrons. The highest BCUT2D eigenvalue weighted by atomic mass is 32.2. The zero-order chi connectivity index (χ0) is 23.1.